The van der Waals surface area contributed by atoms with Crippen LogP contribution < -0.4 is 5.32 Å². The Hall–Kier alpha value is -0.870. The van der Waals surface area contributed by atoms with Crippen LogP contribution in [0, 0.1) is 5.41 Å². The number of hydrogen-bond acceptors (Lipinski definition) is 3. The zero-order chi connectivity index (χ0) is 11.3. The normalized spacial score (nSPS) is 18.3. The first-order chi connectivity index (χ1) is 7.85. The van der Waals surface area contributed by atoms with Gasteiger partial charge in [-0.05, 0) is 30.7 Å². The molecule has 1 saturated carbocycles. The molecule has 1 aromatic rings. The summed E-state index contributed by atoms with van der Waals surface area (Å²) in [6.07, 6.45) is 7.02. The number of H-pyrrole nitrogens is 1. The van der Waals surface area contributed by atoms with Crippen molar-refractivity contribution in [3.63, 3.8) is 0 Å². The molecule has 0 aliphatic heterocycles. The minimum absolute atomic E-state index is 0.496. The second-order valence-corrected chi connectivity index (χ2v) is 4.78. The quantitative estimate of drug-likeness (QED) is 0.740. The molecule has 4 heteroatoms. The fourth-order valence-corrected chi connectivity index (χ4v) is 2.36. The van der Waals surface area contributed by atoms with Crippen LogP contribution in [0.3, 0.4) is 0 Å². The highest BCUT2D eigenvalue weighted by Crippen LogP contribution is 2.43. The Morgan fingerprint density at radius 3 is 3.00 bits per heavy atom. The van der Waals surface area contributed by atoms with Gasteiger partial charge in [-0.15, -0.1) is 0 Å². The van der Waals surface area contributed by atoms with Gasteiger partial charge in [0.25, 0.3) is 0 Å². The van der Waals surface area contributed by atoms with Gasteiger partial charge in [0.2, 0.25) is 0 Å². The van der Waals surface area contributed by atoms with Crippen molar-refractivity contribution in [2.45, 2.75) is 32.2 Å². The van der Waals surface area contributed by atoms with Gasteiger partial charge in [0, 0.05) is 38.7 Å². The van der Waals surface area contributed by atoms with E-state index in [2.05, 4.69) is 15.5 Å². The molecule has 1 fully saturated rings. The number of rotatable bonds is 7. The second-order valence-electron chi connectivity index (χ2n) is 4.78. The lowest BCUT2D eigenvalue weighted by atomic mass is 9.67. The van der Waals surface area contributed by atoms with Crippen LogP contribution in [0.25, 0.3) is 0 Å². The summed E-state index contributed by atoms with van der Waals surface area (Å²) in [6, 6.07) is 2.01. The predicted octanol–water partition coefficient (Wildman–Crippen LogP) is 1.71. The van der Waals surface area contributed by atoms with Gasteiger partial charge in [-0.25, -0.2) is 0 Å². The summed E-state index contributed by atoms with van der Waals surface area (Å²) in [5, 5.41) is 10.4. The Morgan fingerprint density at radius 2 is 2.44 bits per heavy atom. The molecule has 1 heterocycles. The van der Waals surface area contributed by atoms with Gasteiger partial charge >= 0.3 is 0 Å². The Morgan fingerprint density at radius 1 is 1.56 bits per heavy atom. The molecule has 0 saturated heterocycles. The topological polar surface area (TPSA) is 49.9 Å². The van der Waals surface area contributed by atoms with E-state index >= 15 is 0 Å². The fourth-order valence-electron chi connectivity index (χ4n) is 2.36. The monoisotopic (exact) mass is 223 g/mol. The van der Waals surface area contributed by atoms with E-state index < -0.39 is 0 Å². The maximum Gasteiger partial charge on any atom is 0.0490 e. The first kappa shape index (κ1) is 11.6. The van der Waals surface area contributed by atoms with Gasteiger partial charge in [0.1, 0.15) is 0 Å². The number of nitrogens with zero attached hydrogens (tertiary/aromatic N) is 1. The van der Waals surface area contributed by atoms with Gasteiger partial charge in [-0.1, -0.05) is 6.42 Å². The zero-order valence-electron chi connectivity index (χ0n) is 9.96. The van der Waals surface area contributed by atoms with Crippen molar-refractivity contribution in [3.05, 3.63) is 18.0 Å². The summed E-state index contributed by atoms with van der Waals surface area (Å²) in [4.78, 5) is 0. The second kappa shape index (κ2) is 5.46. The molecule has 0 spiro atoms. The van der Waals surface area contributed by atoms with Crippen LogP contribution in [-0.4, -0.2) is 30.5 Å². The Bertz CT molecular complexity index is 293. The van der Waals surface area contributed by atoms with E-state index in [4.69, 9.17) is 4.74 Å². The van der Waals surface area contributed by atoms with Crippen molar-refractivity contribution < 1.29 is 4.74 Å². The van der Waals surface area contributed by atoms with Gasteiger partial charge < -0.3 is 10.1 Å². The molecular weight excluding hydrogens is 202 g/mol. The van der Waals surface area contributed by atoms with Crippen LogP contribution in [0.2, 0.25) is 0 Å². The highest BCUT2D eigenvalue weighted by Gasteiger charge is 2.35. The summed E-state index contributed by atoms with van der Waals surface area (Å²) in [5.74, 6) is 0. The van der Waals surface area contributed by atoms with Crippen LogP contribution in [0.15, 0.2) is 12.3 Å². The number of hydrogen-bond donors (Lipinski definition) is 2. The van der Waals surface area contributed by atoms with Crippen LogP contribution in [0.1, 0.15) is 31.4 Å². The van der Waals surface area contributed by atoms with E-state index in [1.165, 1.54) is 25.7 Å². The van der Waals surface area contributed by atoms with E-state index in [0.717, 1.165) is 25.4 Å². The van der Waals surface area contributed by atoms with Crippen molar-refractivity contribution in [1.29, 1.82) is 0 Å². The maximum atomic E-state index is 5.18. The maximum absolute atomic E-state index is 5.18. The molecule has 1 aliphatic carbocycles. The molecule has 16 heavy (non-hydrogen) atoms. The largest absolute Gasteiger partial charge is 0.385 e. The van der Waals surface area contributed by atoms with Gasteiger partial charge in [-0.2, -0.15) is 5.10 Å². The Labute approximate surface area is 96.8 Å². The lowest BCUT2D eigenvalue weighted by Crippen LogP contribution is -2.40. The van der Waals surface area contributed by atoms with Crippen LogP contribution in [0.5, 0.6) is 0 Å². The average molecular weight is 223 g/mol. The van der Waals surface area contributed by atoms with Crippen LogP contribution in [-0.2, 0) is 11.3 Å². The molecule has 0 bridgehead atoms. The highest BCUT2D eigenvalue weighted by molar-refractivity contribution is 4.97. The van der Waals surface area contributed by atoms with Gasteiger partial charge in [0.05, 0.1) is 0 Å². The first-order valence-corrected chi connectivity index (χ1v) is 6.03. The minimum atomic E-state index is 0.496. The molecule has 2 rings (SSSR count). The standard InChI is InChI=1S/C12H21N3O/c1-16-8-6-12(4-2-5-12)10-13-9-11-3-7-14-15-11/h3,7,13H,2,4-6,8-10H2,1H3,(H,14,15). The number of ether oxygens (including phenoxy) is 1. The van der Waals surface area contributed by atoms with Crippen molar-refractivity contribution in [2.75, 3.05) is 20.3 Å². The van der Waals surface area contributed by atoms with E-state index in [9.17, 15) is 0 Å². The van der Waals surface area contributed by atoms with E-state index in [0.29, 0.717) is 5.41 Å². The molecule has 4 nitrogen and oxygen atoms in total. The number of nitrogens with one attached hydrogen (secondary N) is 2. The van der Waals surface area contributed by atoms with Crippen molar-refractivity contribution >= 4 is 0 Å². The van der Waals surface area contributed by atoms with Gasteiger partial charge in [0.15, 0.2) is 0 Å². The van der Waals surface area contributed by atoms with Crippen molar-refractivity contribution in [1.82, 2.24) is 15.5 Å². The third kappa shape index (κ3) is 2.83. The predicted molar refractivity (Wildman–Crippen MR) is 63.1 cm³/mol. The average Bonchev–Trinajstić information content (AvgIpc) is 2.73. The molecule has 90 valence electrons. The van der Waals surface area contributed by atoms with E-state index in [1.54, 1.807) is 13.3 Å². The van der Waals surface area contributed by atoms with Crippen molar-refractivity contribution in [2.24, 2.45) is 5.41 Å². The summed E-state index contributed by atoms with van der Waals surface area (Å²) in [7, 11) is 1.78. The third-order valence-corrected chi connectivity index (χ3v) is 3.62. The molecule has 0 amide bonds. The lowest BCUT2D eigenvalue weighted by Gasteiger charge is -2.42. The molecule has 2 N–H and O–H groups in total. The summed E-state index contributed by atoms with van der Waals surface area (Å²) >= 11 is 0. The third-order valence-electron chi connectivity index (χ3n) is 3.62. The Balaban J connectivity index is 1.70. The van der Waals surface area contributed by atoms with E-state index in [1.807, 2.05) is 6.07 Å². The van der Waals surface area contributed by atoms with Crippen LogP contribution >= 0.6 is 0 Å². The van der Waals surface area contributed by atoms with Gasteiger partial charge in [-0.3, -0.25) is 5.10 Å². The summed E-state index contributed by atoms with van der Waals surface area (Å²) in [5.41, 5.74) is 1.65. The lowest BCUT2D eigenvalue weighted by molar-refractivity contribution is 0.0688. The first-order valence-electron chi connectivity index (χ1n) is 6.03. The SMILES string of the molecule is COCCC1(CNCc2ccn[nH]2)CCC1. The number of methoxy groups -OCH3 is 1. The molecule has 0 aromatic carbocycles. The zero-order valence-corrected chi connectivity index (χ0v) is 9.96. The summed E-state index contributed by atoms with van der Waals surface area (Å²) < 4.78 is 5.18. The molecule has 1 aromatic heterocycles. The van der Waals surface area contributed by atoms with Crippen molar-refractivity contribution in [3.8, 4) is 0 Å². The Kier molecular flexibility index (Phi) is 3.96. The fraction of sp³-hybridized carbons (Fsp3) is 0.750. The number of aromatic nitrogens is 2. The molecule has 0 unspecified atom stereocenters. The minimum Gasteiger partial charge on any atom is -0.385 e. The smallest absolute Gasteiger partial charge is 0.0490 e. The summed E-state index contributed by atoms with van der Waals surface area (Å²) in [6.45, 7) is 2.86. The van der Waals surface area contributed by atoms with Crippen LogP contribution in [0.4, 0.5) is 0 Å². The van der Waals surface area contributed by atoms with E-state index in [-0.39, 0.29) is 0 Å². The molecular formula is C12H21N3O. The number of aromatic amines is 1. The molecule has 0 atom stereocenters. The highest BCUT2D eigenvalue weighted by atomic mass is 16.5. The molecule has 1 aliphatic rings. The molecule has 0 radical (unpaired) electrons.